The van der Waals surface area contributed by atoms with Gasteiger partial charge >= 0.3 is 0 Å². The first-order valence-electron chi connectivity index (χ1n) is 6.37. The van der Waals surface area contributed by atoms with Crippen molar-refractivity contribution in [2.75, 3.05) is 13.1 Å². The van der Waals surface area contributed by atoms with Crippen LogP contribution in [0.15, 0.2) is 27.8 Å². The number of hydrogen-bond donors (Lipinski definition) is 2. The fourth-order valence-corrected chi connectivity index (χ4v) is 1.75. The van der Waals surface area contributed by atoms with Crippen molar-refractivity contribution < 1.29 is 4.42 Å². The Labute approximate surface area is 126 Å². The molecule has 0 saturated heterocycles. The quantitative estimate of drug-likeness (QED) is 0.480. The molecule has 5 heteroatoms. The van der Waals surface area contributed by atoms with Crippen molar-refractivity contribution in [3.05, 3.63) is 24.2 Å². The molecule has 2 atom stereocenters. The monoisotopic (exact) mass is 363 g/mol. The molecule has 0 amide bonds. The average molecular weight is 363 g/mol. The van der Waals surface area contributed by atoms with Gasteiger partial charge in [0.25, 0.3) is 0 Å². The fraction of sp³-hybridized carbons (Fsp3) is 0.615. The van der Waals surface area contributed by atoms with Crippen LogP contribution >= 0.6 is 24.0 Å². The molecule has 0 bridgehead atoms. The largest absolute Gasteiger partial charge is 0.469 e. The predicted octanol–water partition coefficient (Wildman–Crippen LogP) is 2.40. The molecule has 1 aliphatic rings. The molecular formula is C13H22IN3O. The smallest absolute Gasteiger partial charge is 0.191 e. The predicted molar refractivity (Wildman–Crippen MR) is 84.5 cm³/mol. The van der Waals surface area contributed by atoms with Crippen LogP contribution in [0, 0.1) is 5.92 Å². The van der Waals surface area contributed by atoms with Crippen LogP contribution in [0.5, 0.6) is 0 Å². The highest BCUT2D eigenvalue weighted by atomic mass is 127. The number of furan rings is 1. The third-order valence-corrected chi connectivity index (χ3v) is 2.98. The summed E-state index contributed by atoms with van der Waals surface area (Å²) in [6.07, 6.45) is 3.81. The Morgan fingerprint density at radius 2 is 2.33 bits per heavy atom. The topological polar surface area (TPSA) is 49.6 Å². The lowest BCUT2D eigenvalue weighted by atomic mass is 10.3. The molecule has 0 radical (unpaired) electrons. The van der Waals surface area contributed by atoms with Gasteiger partial charge < -0.3 is 15.1 Å². The summed E-state index contributed by atoms with van der Waals surface area (Å²) in [5.74, 6) is 2.70. The van der Waals surface area contributed by atoms with Gasteiger partial charge in [0.05, 0.1) is 6.26 Å². The van der Waals surface area contributed by atoms with Crippen LogP contribution in [-0.2, 0) is 6.42 Å². The molecule has 1 aromatic rings. The van der Waals surface area contributed by atoms with Crippen molar-refractivity contribution in [1.29, 1.82) is 0 Å². The number of halogens is 1. The highest BCUT2D eigenvalue weighted by Gasteiger charge is 2.33. The molecule has 1 saturated carbocycles. The summed E-state index contributed by atoms with van der Waals surface area (Å²) in [4.78, 5) is 4.54. The summed E-state index contributed by atoms with van der Waals surface area (Å²) in [5, 5.41) is 6.69. The lowest BCUT2D eigenvalue weighted by Gasteiger charge is -2.10. The molecule has 0 aromatic carbocycles. The summed E-state index contributed by atoms with van der Waals surface area (Å²) in [5.41, 5.74) is 0. The number of nitrogens with one attached hydrogen (secondary N) is 2. The normalized spacial score (nSPS) is 22.2. The molecule has 1 fully saturated rings. The maximum atomic E-state index is 5.28. The number of nitrogens with zero attached hydrogens (tertiary/aromatic N) is 1. The second-order valence-electron chi connectivity index (χ2n) is 4.55. The van der Waals surface area contributed by atoms with Crippen molar-refractivity contribution in [2.24, 2.45) is 10.9 Å². The van der Waals surface area contributed by atoms with Crippen LogP contribution in [0.1, 0.15) is 26.0 Å². The first kappa shape index (κ1) is 15.3. The van der Waals surface area contributed by atoms with E-state index in [1.54, 1.807) is 6.26 Å². The minimum atomic E-state index is 0. The molecule has 102 valence electrons. The van der Waals surface area contributed by atoms with Gasteiger partial charge in [0.2, 0.25) is 0 Å². The minimum absolute atomic E-state index is 0. The summed E-state index contributed by atoms with van der Waals surface area (Å²) >= 11 is 0. The van der Waals surface area contributed by atoms with E-state index in [0.29, 0.717) is 6.04 Å². The summed E-state index contributed by atoms with van der Waals surface area (Å²) < 4.78 is 5.28. The second kappa shape index (κ2) is 7.66. The molecule has 0 spiro atoms. The minimum Gasteiger partial charge on any atom is -0.469 e. The maximum Gasteiger partial charge on any atom is 0.191 e. The van der Waals surface area contributed by atoms with E-state index in [-0.39, 0.29) is 24.0 Å². The Kier molecular flexibility index (Phi) is 6.52. The molecule has 2 unspecified atom stereocenters. The van der Waals surface area contributed by atoms with Gasteiger partial charge in [-0.3, -0.25) is 4.99 Å². The van der Waals surface area contributed by atoms with Gasteiger partial charge in [-0.2, -0.15) is 0 Å². The van der Waals surface area contributed by atoms with E-state index in [0.717, 1.165) is 37.1 Å². The van der Waals surface area contributed by atoms with E-state index >= 15 is 0 Å². The van der Waals surface area contributed by atoms with Crippen LogP contribution < -0.4 is 10.6 Å². The van der Waals surface area contributed by atoms with Crippen molar-refractivity contribution in [1.82, 2.24) is 10.6 Å². The Hall–Kier alpha value is -0.720. The van der Waals surface area contributed by atoms with Gasteiger partial charge in [0.15, 0.2) is 5.96 Å². The fourth-order valence-electron chi connectivity index (χ4n) is 1.75. The SMILES string of the molecule is CCNC(=NCCc1ccco1)NC1CC1C.I. The Balaban J connectivity index is 0.00000162. The molecule has 1 aromatic heterocycles. The molecule has 2 rings (SSSR count). The van der Waals surface area contributed by atoms with Crippen LogP contribution in [0.25, 0.3) is 0 Å². The van der Waals surface area contributed by atoms with Gasteiger partial charge in [0.1, 0.15) is 5.76 Å². The Morgan fingerprint density at radius 3 is 2.89 bits per heavy atom. The van der Waals surface area contributed by atoms with E-state index < -0.39 is 0 Å². The lowest BCUT2D eigenvalue weighted by Crippen LogP contribution is -2.39. The van der Waals surface area contributed by atoms with Crippen LogP contribution in [0.4, 0.5) is 0 Å². The zero-order chi connectivity index (χ0) is 12.1. The van der Waals surface area contributed by atoms with Crippen molar-refractivity contribution in [2.45, 2.75) is 32.7 Å². The first-order chi connectivity index (χ1) is 8.29. The number of guanidine groups is 1. The van der Waals surface area contributed by atoms with Crippen LogP contribution in [0.2, 0.25) is 0 Å². The van der Waals surface area contributed by atoms with Gasteiger partial charge in [-0.25, -0.2) is 0 Å². The van der Waals surface area contributed by atoms with E-state index in [2.05, 4.69) is 29.5 Å². The molecule has 1 heterocycles. The lowest BCUT2D eigenvalue weighted by molar-refractivity contribution is 0.510. The zero-order valence-electron chi connectivity index (χ0n) is 11.0. The van der Waals surface area contributed by atoms with Crippen LogP contribution in [-0.4, -0.2) is 25.1 Å². The second-order valence-corrected chi connectivity index (χ2v) is 4.55. The van der Waals surface area contributed by atoms with E-state index in [1.165, 1.54) is 6.42 Å². The molecule has 4 nitrogen and oxygen atoms in total. The number of aliphatic imine (C=N–C) groups is 1. The maximum absolute atomic E-state index is 5.28. The zero-order valence-corrected chi connectivity index (χ0v) is 13.3. The van der Waals surface area contributed by atoms with Gasteiger partial charge in [0, 0.05) is 25.6 Å². The third-order valence-electron chi connectivity index (χ3n) is 2.98. The van der Waals surface area contributed by atoms with Gasteiger partial charge in [-0.15, -0.1) is 24.0 Å². The Morgan fingerprint density at radius 1 is 1.56 bits per heavy atom. The number of rotatable bonds is 5. The standard InChI is InChI=1S/C13H21N3O.HI/c1-3-14-13(16-12-9-10(12)2)15-7-6-11-5-4-8-17-11;/h4-5,8,10,12H,3,6-7,9H2,1-2H3,(H2,14,15,16);1H. The van der Waals surface area contributed by atoms with E-state index in [9.17, 15) is 0 Å². The first-order valence-corrected chi connectivity index (χ1v) is 6.37. The average Bonchev–Trinajstić information content (AvgIpc) is 2.81. The molecule has 18 heavy (non-hydrogen) atoms. The Bertz CT molecular complexity index is 364. The van der Waals surface area contributed by atoms with Crippen LogP contribution in [0.3, 0.4) is 0 Å². The van der Waals surface area contributed by atoms with Crippen molar-refractivity contribution in [3.63, 3.8) is 0 Å². The summed E-state index contributed by atoms with van der Waals surface area (Å²) in [6, 6.07) is 4.50. The highest BCUT2D eigenvalue weighted by Crippen LogP contribution is 2.28. The van der Waals surface area contributed by atoms with Crippen molar-refractivity contribution in [3.8, 4) is 0 Å². The molecule has 2 N–H and O–H groups in total. The molecule has 1 aliphatic carbocycles. The summed E-state index contributed by atoms with van der Waals surface area (Å²) in [7, 11) is 0. The third kappa shape index (κ3) is 4.88. The van der Waals surface area contributed by atoms with E-state index in [4.69, 9.17) is 4.42 Å². The molecule has 0 aliphatic heterocycles. The molecular weight excluding hydrogens is 341 g/mol. The van der Waals surface area contributed by atoms with Gasteiger partial charge in [-0.05, 0) is 31.4 Å². The van der Waals surface area contributed by atoms with Crippen molar-refractivity contribution >= 4 is 29.9 Å². The summed E-state index contributed by atoms with van der Waals surface area (Å²) in [6.45, 7) is 5.99. The number of hydrogen-bond acceptors (Lipinski definition) is 2. The van der Waals surface area contributed by atoms with Gasteiger partial charge in [-0.1, -0.05) is 6.92 Å². The van der Waals surface area contributed by atoms with E-state index in [1.807, 2.05) is 12.1 Å². The highest BCUT2D eigenvalue weighted by molar-refractivity contribution is 14.0.